The number of piperidine rings is 1. The lowest BCUT2D eigenvalue weighted by Gasteiger charge is -2.38. The fraction of sp³-hybridized carbons (Fsp3) is 0.471. The van der Waals surface area contributed by atoms with E-state index < -0.39 is 24.0 Å². The van der Waals surface area contributed by atoms with E-state index in [4.69, 9.17) is 9.84 Å². The zero-order chi connectivity index (χ0) is 17.9. The molecule has 1 fully saturated rings. The Kier molecular flexibility index (Phi) is 5.43. The number of likely N-dealkylation sites (tertiary alicyclic amines) is 1. The lowest BCUT2D eigenvalue weighted by Crippen LogP contribution is -2.49. The largest absolute Gasteiger partial charge is 0.497 e. The zero-order valence-corrected chi connectivity index (χ0v) is 14.0. The van der Waals surface area contributed by atoms with Crippen molar-refractivity contribution in [2.24, 2.45) is 5.92 Å². The molecule has 24 heavy (non-hydrogen) atoms. The molecule has 0 saturated carbocycles. The highest BCUT2D eigenvalue weighted by Crippen LogP contribution is 2.36. The number of aliphatic carboxylic acids is 1. The average molecular weight is 334 g/mol. The number of carbonyl (C=O) groups is 3. The van der Waals surface area contributed by atoms with Crippen molar-refractivity contribution in [2.45, 2.75) is 31.8 Å². The second-order valence-electron chi connectivity index (χ2n) is 5.94. The van der Waals surface area contributed by atoms with E-state index in [9.17, 15) is 14.4 Å². The van der Waals surface area contributed by atoms with E-state index in [-0.39, 0.29) is 18.2 Å². The number of hydrogen-bond acceptors (Lipinski definition) is 4. The summed E-state index contributed by atoms with van der Waals surface area (Å²) in [6.07, 6.45) is 0.654. The predicted octanol–water partition coefficient (Wildman–Crippen LogP) is 1.19. The molecule has 7 heteroatoms. The normalized spacial score (nSPS) is 22.0. The van der Waals surface area contributed by atoms with Gasteiger partial charge in [-0.05, 0) is 31.0 Å². The maximum absolute atomic E-state index is 12.5. The number of benzene rings is 1. The molecule has 2 unspecified atom stereocenters. The Hall–Kier alpha value is -2.57. The summed E-state index contributed by atoms with van der Waals surface area (Å²) < 4.78 is 5.13. The van der Waals surface area contributed by atoms with Crippen LogP contribution in [0.15, 0.2) is 24.3 Å². The Morgan fingerprint density at radius 2 is 1.96 bits per heavy atom. The topological polar surface area (TPSA) is 95.9 Å². The van der Waals surface area contributed by atoms with Crippen LogP contribution in [0.25, 0.3) is 0 Å². The molecule has 2 N–H and O–H groups in total. The monoisotopic (exact) mass is 334 g/mol. The standard InChI is InChI=1S/C17H22N2O5/c1-10(17(22)23)18-16(21)13-8-9-14(20)19(2)15(13)11-4-6-12(24-3)7-5-11/h4-7,10,13,15H,8-9H2,1-3H3,(H,18,21)(H,22,23)/t10-,13?,15?/m0/s1. The summed E-state index contributed by atoms with van der Waals surface area (Å²) in [5.41, 5.74) is 0.814. The Morgan fingerprint density at radius 1 is 1.33 bits per heavy atom. The van der Waals surface area contributed by atoms with Crippen LogP contribution in [0.3, 0.4) is 0 Å². The Bertz CT molecular complexity index is 628. The van der Waals surface area contributed by atoms with Gasteiger partial charge >= 0.3 is 5.97 Å². The predicted molar refractivity (Wildman–Crippen MR) is 86.5 cm³/mol. The molecule has 2 amide bonds. The number of amides is 2. The molecule has 0 aromatic heterocycles. The van der Waals surface area contributed by atoms with Crippen LogP contribution in [0.1, 0.15) is 31.4 Å². The van der Waals surface area contributed by atoms with Gasteiger partial charge in [0.15, 0.2) is 0 Å². The van der Waals surface area contributed by atoms with E-state index in [2.05, 4.69) is 5.32 Å². The molecular weight excluding hydrogens is 312 g/mol. The number of methoxy groups -OCH3 is 1. The summed E-state index contributed by atoms with van der Waals surface area (Å²) in [6, 6.07) is 5.78. The van der Waals surface area contributed by atoms with Crippen molar-refractivity contribution < 1.29 is 24.2 Å². The van der Waals surface area contributed by atoms with Crippen LogP contribution in [-0.2, 0) is 14.4 Å². The highest BCUT2D eigenvalue weighted by Gasteiger charge is 2.39. The minimum Gasteiger partial charge on any atom is -0.497 e. The van der Waals surface area contributed by atoms with Gasteiger partial charge in [0.1, 0.15) is 11.8 Å². The van der Waals surface area contributed by atoms with Gasteiger partial charge in [0.2, 0.25) is 11.8 Å². The molecule has 130 valence electrons. The number of carboxylic acids is 1. The average Bonchev–Trinajstić information content (AvgIpc) is 2.57. The van der Waals surface area contributed by atoms with Crippen LogP contribution in [0.2, 0.25) is 0 Å². The molecule has 1 aromatic carbocycles. The third-order valence-corrected chi connectivity index (χ3v) is 4.38. The molecule has 0 spiro atoms. The molecule has 1 saturated heterocycles. The van der Waals surface area contributed by atoms with Gasteiger partial charge in [0.05, 0.1) is 19.1 Å². The quantitative estimate of drug-likeness (QED) is 0.843. The molecule has 3 atom stereocenters. The van der Waals surface area contributed by atoms with E-state index in [1.165, 1.54) is 6.92 Å². The van der Waals surface area contributed by atoms with Crippen molar-refractivity contribution in [3.05, 3.63) is 29.8 Å². The van der Waals surface area contributed by atoms with E-state index >= 15 is 0 Å². The van der Waals surface area contributed by atoms with E-state index in [0.717, 1.165) is 5.56 Å². The van der Waals surface area contributed by atoms with E-state index in [0.29, 0.717) is 12.2 Å². The van der Waals surface area contributed by atoms with Crippen molar-refractivity contribution in [1.29, 1.82) is 0 Å². The van der Waals surface area contributed by atoms with Crippen molar-refractivity contribution in [1.82, 2.24) is 10.2 Å². The summed E-state index contributed by atoms with van der Waals surface area (Å²) in [4.78, 5) is 37.1. The molecule has 1 heterocycles. The number of rotatable bonds is 5. The first-order chi connectivity index (χ1) is 11.3. The Balaban J connectivity index is 2.28. The molecule has 0 bridgehead atoms. The van der Waals surface area contributed by atoms with Crippen molar-refractivity contribution in [3.8, 4) is 5.75 Å². The number of nitrogens with one attached hydrogen (secondary N) is 1. The SMILES string of the molecule is COc1ccc(C2C(C(=O)N[C@@H](C)C(=O)O)CCC(=O)N2C)cc1. The first-order valence-electron chi connectivity index (χ1n) is 7.78. The second-order valence-corrected chi connectivity index (χ2v) is 5.94. The van der Waals surface area contributed by atoms with Gasteiger partial charge in [-0.15, -0.1) is 0 Å². The van der Waals surface area contributed by atoms with Crippen LogP contribution in [0.4, 0.5) is 0 Å². The van der Waals surface area contributed by atoms with E-state index in [1.807, 2.05) is 12.1 Å². The highest BCUT2D eigenvalue weighted by molar-refractivity contribution is 5.87. The fourth-order valence-electron chi connectivity index (χ4n) is 2.95. The van der Waals surface area contributed by atoms with Crippen LogP contribution in [-0.4, -0.2) is 48.0 Å². The number of hydrogen-bond donors (Lipinski definition) is 2. The van der Waals surface area contributed by atoms with Gasteiger partial charge in [-0.2, -0.15) is 0 Å². The first-order valence-corrected chi connectivity index (χ1v) is 7.78. The van der Waals surface area contributed by atoms with Crippen molar-refractivity contribution >= 4 is 17.8 Å². The fourth-order valence-corrected chi connectivity index (χ4v) is 2.95. The van der Waals surface area contributed by atoms with Gasteiger partial charge in [-0.25, -0.2) is 0 Å². The van der Waals surface area contributed by atoms with Gasteiger partial charge in [-0.3, -0.25) is 14.4 Å². The number of carbonyl (C=O) groups excluding carboxylic acids is 2. The Morgan fingerprint density at radius 3 is 2.50 bits per heavy atom. The number of nitrogens with zero attached hydrogens (tertiary/aromatic N) is 1. The molecule has 1 aliphatic heterocycles. The summed E-state index contributed by atoms with van der Waals surface area (Å²) in [5, 5.41) is 11.5. The molecule has 2 rings (SSSR count). The lowest BCUT2D eigenvalue weighted by atomic mass is 9.84. The zero-order valence-electron chi connectivity index (χ0n) is 14.0. The van der Waals surface area contributed by atoms with Gasteiger partial charge in [0, 0.05) is 13.5 Å². The number of ether oxygens (including phenoxy) is 1. The minimum atomic E-state index is -1.09. The van der Waals surface area contributed by atoms with Gasteiger partial charge < -0.3 is 20.1 Å². The first kappa shape index (κ1) is 17.8. The summed E-state index contributed by atoms with van der Waals surface area (Å²) >= 11 is 0. The van der Waals surface area contributed by atoms with Crippen LogP contribution < -0.4 is 10.1 Å². The van der Waals surface area contributed by atoms with Crippen LogP contribution in [0, 0.1) is 5.92 Å². The van der Waals surface area contributed by atoms with Crippen LogP contribution >= 0.6 is 0 Å². The van der Waals surface area contributed by atoms with Gasteiger partial charge in [0.25, 0.3) is 0 Å². The highest BCUT2D eigenvalue weighted by atomic mass is 16.5. The van der Waals surface area contributed by atoms with Crippen molar-refractivity contribution in [3.63, 3.8) is 0 Å². The van der Waals surface area contributed by atoms with Gasteiger partial charge in [-0.1, -0.05) is 12.1 Å². The molecule has 1 aliphatic rings. The second kappa shape index (κ2) is 7.33. The maximum Gasteiger partial charge on any atom is 0.325 e. The lowest BCUT2D eigenvalue weighted by molar-refractivity contribution is -0.146. The third kappa shape index (κ3) is 3.67. The molecule has 0 aliphatic carbocycles. The molecule has 7 nitrogen and oxygen atoms in total. The molecular formula is C17H22N2O5. The van der Waals surface area contributed by atoms with E-state index in [1.54, 1.807) is 31.2 Å². The summed E-state index contributed by atoms with van der Waals surface area (Å²) in [5.74, 6) is -1.30. The number of carboxylic acid groups (broad SMARTS) is 1. The molecule has 1 aromatic rings. The minimum absolute atomic E-state index is 0.0360. The van der Waals surface area contributed by atoms with Crippen LogP contribution in [0.5, 0.6) is 5.75 Å². The van der Waals surface area contributed by atoms with Crippen molar-refractivity contribution in [2.75, 3.05) is 14.2 Å². The smallest absolute Gasteiger partial charge is 0.325 e. The maximum atomic E-state index is 12.5. The summed E-state index contributed by atoms with van der Waals surface area (Å²) in [6.45, 7) is 1.42. The Labute approximate surface area is 140 Å². The summed E-state index contributed by atoms with van der Waals surface area (Å²) in [7, 11) is 3.23. The molecule has 0 radical (unpaired) electrons. The third-order valence-electron chi connectivity index (χ3n) is 4.38.